The Morgan fingerprint density at radius 1 is 1.12 bits per heavy atom. The molecule has 0 spiro atoms. The number of methoxy groups -OCH3 is 1. The van der Waals surface area contributed by atoms with Crippen molar-refractivity contribution in [2.45, 2.75) is 51.0 Å². The van der Waals surface area contributed by atoms with Crippen LogP contribution in [0, 0.1) is 5.92 Å². The van der Waals surface area contributed by atoms with E-state index < -0.39 is 0 Å². The van der Waals surface area contributed by atoms with Crippen molar-refractivity contribution in [3.8, 4) is 0 Å². The second kappa shape index (κ2) is 9.86. The van der Waals surface area contributed by atoms with E-state index in [0.29, 0.717) is 12.6 Å². The molecule has 1 atom stereocenters. The fourth-order valence-electron chi connectivity index (χ4n) is 2.64. The number of hydrogen-bond acceptors (Lipinski definition) is 3. The van der Waals surface area contributed by atoms with Crippen molar-refractivity contribution in [2.24, 2.45) is 5.92 Å². The van der Waals surface area contributed by atoms with Gasteiger partial charge in [-0.25, -0.2) is 0 Å². The third-order valence-corrected chi connectivity index (χ3v) is 3.85. The SMILES string of the molecule is CNC(CCOCCOC)CCC1CCCC1. The molecule has 0 radical (unpaired) electrons. The van der Waals surface area contributed by atoms with E-state index in [1.54, 1.807) is 7.11 Å². The molecular weight excluding hydrogens is 214 g/mol. The van der Waals surface area contributed by atoms with Crippen LogP contribution in [-0.2, 0) is 9.47 Å². The van der Waals surface area contributed by atoms with Crippen LogP contribution in [0.1, 0.15) is 44.9 Å². The normalized spacial score (nSPS) is 18.7. The molecule has 102 valence electrons. The first-order valence-electron chi connectivity index (χ1n) is 7.10. The molecule has 0 bridgehead atoms. The second-order valence-electron chi connectivity index (χ2n) is 5.11. The number of nitrogens with one attached hydrogen (secondary N) is 1. The zero-order valence-corrected chi connectivity index (χ0v) is 11.5. The van der Waals surface area contributed by atoms with E-state index in [1.807, 2.05) is 0 Å². The average Bonchev–Trinajstić information content (AvgIpc) is 2.86. The largest absolute Gasteiger partial charge is 0.382 e. The lowest BCUT2D eigenvalue weighted by molar-refractivity contribution is 0.0655. The first-order chi connectivity index (χ1) is 8.36. The van der Waals surface area contributed by atoms with Crippen molar-refractivity contribution in [3.63, 3.8) is 0 Å². The molecule has 0 amide bonds. The van der Waals surface area contributed by atoms with Crippen molar-refractivity contribution < 1.29 is 9.47 Å². The van der Waals surface area contributed by atoms with Crippen molar-refractivity contribution >= 4 is 0 Å². The molecule has 0 aromatic rings. The minimum absolute atomic E-state index is 0.623. The van der Waals surface area contributed by atoms with E-state index in [1.165, 1.54) is 38.5 Å². The lowest BCUT2D eigenvalue weighted by Gasteiger charge is -2.18. The van der Waals surface area contributed by atoms with E-state index in [-0.39, 0.29) is 0 Å². The molecule has 1 N–H and O–H groups in total. The Hall–Kier alpha value is -0.120. The molecule has 0 aliphatic heterocycles. The maximum atomic E-state index is 5.51. The maximum Gasteiger partial charge on any atom is 0.0700 e. The van der Waals surface area contributed by atoms with Gasteiger partial charge in [0, 0.05) is 19.8 Å². The summed E-state index contributed by atoms with van der Waals surface area (Å²) in [5.74, 6) is 1.00. The first kappa shape index (κ1) is 14.9. The van der Waals surface area contributed by atoms with Crippen LogP contribution in [0.5, 0.6) is 0 Å². The molecule has 3 heteroatoms. The van der Waals surface area contributed by atoms with Crippen LogP contribution in [0.4, 0.5) is 0 Å². The van der Waals surface area contributed by atoms with Crippen LogP contribution in [0.25, 0.3) is 0 Å². The maximum absolute atomic E-state index is 5.51. The third kappa shape index (κ3) is 7.02. The summed E-state index contributed by atoms with van der Waals surface area (Å²) < 4.78 is 10.5. The predicted octanol–water partition coefficient (Wildman–Crippen LogP) is 2.60. The number of ether oxygens (including phenoxy) is 2. The summed E-state index contributed by atoms with van der Waals surface area (Å²) in [4.78, 5) is 0. The first-order valence-corrected chi connectivity index (χ1v) is 7.10. The van der Waals surface area contributed by atoms with Gasteiger partial charge in [0.15, 0.2) is 0 Å². The Morgan fingerprint density at radius 2 is 1.88 bits per heavy atom. The second-order valence-corrected chi connectivity index (χ2v) is 5.11. The molecule has 0 saturated heterocycles. The minimum Gasteiger partial charge on any atom is -0.382 e. The molecular formula is C14H29NO2. The monoisotopic (exact) mass is 243 g/mol. The summed E-state index contributed by atoms with van der Waals surface area (Å²) in [7, 11) is 3.77. The molecule has 3 nitrogen and oxygen atoms in total. The van der Waals surface area contributed by atoms with E-state index in [2.05, 4.69) is 12.4 Å². The van der Waals surface area contributed by atoms with Gasteiger partial charge in [0.05, 0.1) is 13.2 Å². The van der Waals surface area contributed by atoms with E-state index in [9.17, 15) is 0 Å². The summed E-state index contributed by atoms with van der Waals surface area (Å²) in [6, 6.07) is 0.623. The van der Waals surface area contributed by atoms with Crippen LogP contribution < -0.4 is 5.32 Å². The molecule has 1 fully saturated rings. The van der Waals surface area contributed by atoms with Gasteiger partial charge in [0.1, 0.15) is 0 Å². The Kier molecular flexibility index (Phi) is 8.67. The van der Waals surface area contributed by atoms with Crippen molar-refractivity contribution in [3.05, 3.63) is 0 Å². The van der Waals surface area contributed by atoms with Gasteiger partial charge in [-0.05, 0) is 32.2 Å². The lowest BCUT2D eigenvalue weighted by Crippen LogP contribution is -2.27. The molecule has 0 heterocycles. The smallest absolute Gasteiger partial charge is 0.0700 e. The van der Waals surface area contributed by atoms with Crippen LogP contribution >= 0.6 is 0 Å². The van der Waals surface area contributed by atoms with Crippen LogP contribution in [-0.4, -0.2) is 40.0 Å². The van der Waals surface area contributed by atoms with Crippen molar-refractivity contribution in [1.29, 1.82) is 0 Å². The van der Waals surface area contributed by atoms with E-state index >= 15 is 0 Å². The number of hydrogen-bond donors (Lipinski definition) is 1. The van der Waals surface area contributed by atoms with Crippen molar-refractivity contribution in [1.82, 2.24) is 5.32 Å². The fraction of sp³-hybridized carbons (Fsp3) is 1.00. The van der Waals surface area contributed by atoms with Crippen LogP contribution in [0.3, 0.4) is 0 Å². The topological polar surface area (TPSA) is 30.5 Å². The minimum atomic E-state index is 0.623. The molecule has 0 aromatic heterocycles. The zero-order valence-electron chi connectivity index (χ0n) is 11.5. The van der Waals surface area contributed by atoms with Gasteiger partial charge in [-0.1, -0.05) is 25.7 Å². The Morgan fingerprint density at radius 3 is 2.53 bits per heavy atom. The Balaban J connectivity index is 1.98. The van der Waals surface area contributed by atoms with E-state index in [4.69, 9.17) is 9.47 Å². The third-order valence-electron chi connectivity index (χ3n) is 3.85. The predicted molar refractivity (Wildman–Crippen MR) is 71.4 cm³/mol. The summed E-state index contributed by atoms with van der Waals surface area (Å²) >= 11 is 0. The average molecular weight is 243 g/mol. The molecule has 1 aliphatic rings. The standard InChI is InChI=1S/C14H29NO2/c1-15-14(9-10-17-12-11-16-2)8-7-13-5-3-4-6-13/h13-15H,3-12H2,1-2H3. The molecule has 1 unspecified atom stereocenters. The highest BCUT2D eigenvalue weighted by atomic mass is 16.5. The van der Waals surface area contributed by atoms with Gasteiger partial charge in [-0.15, -0.1) is 0 Å². The highest BCUT2D eigenvalue weighted by Crippen LogP contribution is 2.29. The zero-order chi connectivity index (χ0) is 12.3. The van der Waals surface area contributed by atoms with E-state index in [0.717, 1.165) is 25.6 Å². The van der Waals surface area contributed by atoms with Gasteiger partial charge in [0.2, 0.25) is 0 Å². The molecule has 1 aliphatic carbocycles. The van der Waals surface area contributed by atoms with Gasteiger partial charge in [0.25, 0.3) is 0 Å². The van der Waals surface area contributed by atoms with Crippen molar-refractivity contribution in [2.75, 3.05) is 34.0 Å². The highest BCUT2D eigenvalue weighted by molar-refractivity contribution is 4.71. The Labute approximate surface area is 106 Å². The number of rotatable bonds is 10. The summed E-state index contributed by atoms with van der Waals surface area (Å²) in [5.41, 5.74) is 0. The van der Waals surface area contributed by atoms with Gasteiger partial charge < -0.3 is 14.8 Å². The summed E-state index contributed by atoms with van der Waals surface area (Å²) in [6.45, 7) is 2.27. The van der Waals surface area contributed by atoms with Gasteiger partial charge >= 0.3 is 0 Å². The molecule has 17 heavy (non-hydrogen) atoms. The van der Waals surface area contributed by atoms with Crippen LogP contribution in [0.15, 0.2) is 0 Å². The Bertz CT molecular complexity index is 170. The molecule has 1 saturated carbocycles. The lowest BCUT2D eigenvalue weighted by atomic mass is 9.97. The van der Waals surface area contributed by atoms with Gasteiger partial charge in [-0.3, -0.25) is 0 Å². The fourth-order valence-corrected chi connectivity index (χ4v) is 2.64. The summed E-state index contributed by atoms with van der Waals surface area (Å²) in [6.07, 6.45) is 9.64. The van der Waals surface area contributed by atoms with Gasteiger partial charge in [-0.2, -0.15) is 0 Å². The highest BCUT2D eigenvalue weighted by Gasteiger charge is 2.16. The molecule has 1 rings (SSSR count). The molecule has 0 aromatic carbocycles. The quantitative estimate of drug-likeness (QED) is 0.598. The summed E-state index contributed by atoms with van der Waals surface area (Å²) in [5, 5.41) is 3.41. The van der Waals surface area contributed by atoms with Crippen LogP contribution in [0.2, 0.25) is 0 Å².